The van der Waals surface area contributed by atoms with Gasteiger partial charge < -0.3 is 10.1 Å². The summed E-state index contributed by atoms with van der Waals surface area (Å²) < 4.78 is 33.7. The minimum absolute atomic E-state index is 0.00277. The number of benzene rings is 3. The minimum Gasteiger partial charge on any atom is -0.495 e. The van der Waals surface area contributed by atoms with Gasteiger partial charge in [-0.25, -0.2) is 8.42 Å². The number of carbonyl (C=O) groups excluding carboxylic acids is 1. The monoisotopic (exact) mass is 444 g/mol. The van der Waals surface area contributed by atoms with Gasteiger partial charge in [-0.2, -0.15) is 0 Å². The van der Waals surface area contributed by atoms with Gasteiger partial charge in [-0.1, -0.05) is 35.9 Å². The lowest BCUT2D eigenvalue weighted by atomic mass is 10.1. The van der Waals surface area contributed by atoms with Crippen LogP contribution in [0.1, 0.15) is 21.5 Å². The van der Waals surface area contributed by atoms with E-state index in [1.165, 1.54) is 13.2 Å². The molecule has 0 aliphatic rings. The van der Waals surface area contributed by atoms with Crippen molar-refractivity contribution in [1.82, 2.24) is 0 Å². The Balaban J connectivity index is 1.90. The van der Waals surface area contributed by atoms with Crippen LogP contribution in [0.15, 0.2) is 65.6 Å². The number of nitrogens with one attached hydrogen (secondary N) is 2. The zero-order valence-electron chi connectivity index (χ0n) is 16.7. The first kappa shape index (κ1) is 21.7. The Kier molecular flexibility index (Phi) is 6.34. The van der Waals surface area contributed by atoms with Crippen LogP contribution < -0.4 is 14.8 Å². The van der Waals surface area contributed by atoms with Gasteiger partial charge in [-0.05, 0) is 61.4 Å². The summed E-state index contributed by atoms with van der Waals surface area (Å²) in [6.07, 6.45) is 0. The van der Waals surface area contributed by atoms with Crippen LogP contribution >= 0.6 is 11.6 Å². The van der Waals surface area contributed by atoms with Crippen molar-refractivity contribution in [3.63, 3.8) is 0 Å². The molecule has 0 fully saturated rings. The first-order valence-corrected chi connectivity index (χ1v) is 10.9. The van der Waals surface area contributed by atoms with E-state index in [9.17, 15) is 13.2 Å². The third kappa shape index (κ3) is 4.75. The molecular weight excluding hydrogens is 424 g/mol. The predicted octanol–water partition coefficient (Wildman–Crippen LogP) is 5.02. The molecule has 0 bridgehead atoms. The number of aryl methyl sites for hydroxylation is 2. The van der Waals surface area contributed by atoms with Crippen LogP contribution in [0.4, 0.5) is 11.4 Å². The molecule has 0 atom stereocenters. The fourth-order valence-corrected chi connectivity index (χ4v) is 4.36. The SMILES string of the molecule is COc1ccccc1NS(=O)(=O)c1cc(C(=O)Nc2ccc(C)c(Cl)c2)ccc1C. The van der Waals surface area contributed by atoms with Gasteiger partial charge >= 0.3 is 0 Å². The highest BCUT2D eigenvalue weighted by Gasteiger charge is 2.21. The quantitative estimate of drug-likeness (QED) is 0.559. The van der Waals surface area contributed by atoms with Crippen molar-refractivity contribution in [3.8, 4) is 5.75 Å². The molecule has 2 N–H and O–H groups in total. The second-order valence-electron chi connectivity index (χ2n) is 6.70. The molecule has 3 aromatic rings. The van der Waals surface area contributed by atoms with Crippen LogP contribution in [0.2, 0.25) is 5.02 Å². The van der Waals surface area contributed by atoms with Gasteiger partial charge in [0.15, 0.2) is 0 Å². The van der Waals surface area contributed by atoms with Crippen molar-refractivity contribution < 1.29 is 17.9 Å². The van der Waals surface area contributed by atoms with Gasteiger partial charge in [0, 0.05) is 16.3 Å². The van der Waals surface area contributed by atoms with Gasteiger partial charge in [0.1, 0.15) is 5.75 Å². The lowest BCUT2D eigenvalue weighted by molar-refractivity contribution is 0.102. The Morgan fingerprint density at radius 1 is 0.967 bits per heavy atom. The van der Waals surface area contributed by atoms with Crippen molar-refractivity contribution in [2.75, 3.05) is 17.1 Å². The van der Waals surface area contributed by atoms with Crippen LogP contribution in [0.3, 0.4) is 0 Å². The summed E-state index contributed by atoms with van der Waals surface area (Å²) in [5.74, 6) is -0.0486. The highest BCUT2D eigenvalue weighted by molar-refractivity contribution is 7.92. The molecule has 0 aromatic heterocycles. The highest BCUT2D eigenvalue weighted by Crippen LogP contribution is 2.28. The molecule has 3 aromatic carbocycles. The Bertz CT molecular complexity index is 1210. The predicted molar refractivity (Wildman–Crippen MR) is 119 cm³/mol. The number of sulfonamides is 1. The van der Waals surface area contributed by atoms with Crippen molar-refractivity contribution >= 4 is 38.9 Å². The first-order valence-electron chi connectivity index (χ1n) is 9.05. The van der Waals surface area contributed by atoms with Gasteiger partial charge in [0.05, 0.1) is 17.7 Å². The number of amides is 1. The number of anilines is 2. The number of ether oxygens (including phenoxy) is 1. The summed E-state index contributed by atoms with van der Waals surface area (Å²) >= 11 is 6.10. The molecule has 0 saturated carbocycles. The molecule has 8 heteroatoms. The van der Waals surface area contributed by atoms with Crippen LogP contribution in [-0.2, 0) is 10.0 Å². The fourth-order valence-electron chi connectivity index (χ4n) is 2.83. The Labute approximate surface area is 180 Å². The first-order chi connectivity index (χ1) is 14.2. The van der Waals surface area contributed by atoms with E-state index in [1.807, 2.05) is 6.92 Å². The van der Waals surface area contributed by atoms with E-state index in [-0.39, 0.29) is 10.5 Å². The van der Waals surface area contributed by atoms with E-state index in [4.69, 9.17) is 16.3 Å². The zero-order valence-corrected chi connectivity index (χ0v) is 18.3. The van der Waals surface area contributed by atoms with E-state index < -0.39 is 15.9 Å². The van der Waals surface area contributed by atoms with E-state index in [2.05, 4.69) is 10.0 Å². The van der Waals surface area contributed by atoms with E-state index in [0.29, 0.717) is 27.7 Å². The Morgan fingerprint density at radius 2 is 1.67 bits per heavy atom. The molecule has 3 rings (SSSR count). The highest BCUT2D eigenvalue weighted by atomic mass is 35.5. The molecule has 0 unspecified atom stereocenters. The zero-order chi connectivity index (χ0) is 21.9. The van der Waals surface area contributed by atoms with Gasteiger partial charge in [-0.3, -0.25) is 9.52 Å². The van der Waals surface area contributed by atoms with Crippen LogP contribution in [0.5, 0.6) is 5.75 Å². The number of hydrogen-bond acceptors (Lipinski definition) is 4. The summed E-state index contributed by atoms with van der Waals surface area (Å²) in [7, 11) is -2.49. The van der Waals surface area contributed by atoms with Crippen molar-refractivity contribution in [3.05, 3.63) is 82.4 Å². The third-order valence-electron chi connectivity index (χ3n) is 4.52. The smallest absolute Gasteiger partial charge is 0.262 e. The molecule has 0 aliphatic heterocycles. The number of halogens is 1. The molecule has 30 heavy (non-hydrogen) atoms. The number of hydrogen-bond donors (Lipinski definition) is 2. The molecule has 156 valence electrons. The summed E-state index contributed by atoms with van der Waals surface area (Å²) in [6, 6.07) is 16.4. The second-order valence-corrected chi connectivity index (χ2v) is 8.76. The number of para-hydroxylation sites is 2. The molecule has 0 aliphatic carbocycles. The Morgan fingerprint density at radius 3 is 2.37 bits per heavy atom. The molecular formula is C22H21ClN2O4S. The number of carbonyl (C=O) groups is 1. The van der Waals surface area contributed by atoms with Crippen LogP contribution in [-0.4, -0.2) is 21.4 Å². The summed E-state index contributed by atoms with van der Waals surface area (Å²) in [4.78, 5) is 12.7. The molecule has 0 heterocycles. The van der Waals surface area contributed by atoms with Gasteiger partial charge in [0.2, 0.25) is 0 Å². The van der Waals surface area contributed by atoms with E-state index in [1.54, 1.807) is 61.5 Å². The summed E-state index contributed by atoms with van der Waals surface area (Å²) in [5.41, 5.74) is 2.43. The average molecular weight is 445 g/mol. The summed E-state index contributed by atoms with van der Waals surface area (Å²) in [5, 5.41) is 3.26. The van der Waals surface area contributed by atoms with Crippen LogP contribution in [0.25, 0.3) is 0 Å². The van der Waals surface area contributed by atoms with Crippen molar-refractivity contribution in [2.45, 2.75) is 18.7 Å². The fraction of sp³-hybridized carbons (Fsp3) is 0.136. The largest absolute Gasteiger partial charge is 0.495 e. The van der Waals surface area contributed by atoms with Gasteiger partial charge in [0.25, 0.3) is 15.9 Å². The lowest BCUT2D eigenvalue weighted by Gasteiger charge is -2.14. The third-order valence-corrected chi connectivity index (χ3v) is 6.44. The van der Waals surface area contributed by atoms with Crippen molar-refractivity contribution in [1.29, 1.82) is 0 Å². The maximum atomic E-state index is 13.0. The Hall–Kier alpha value is -3.03. The minimum atomic E-state index is -3.95. The molecule has 6 nitrogen and oxygen atoms in total. The normalized spacial score (nSPS) is 11.1. The molecule has 0 saturated heterocycles. The van der Waals surface area contributed by atoms with E-state index in [0.717, 1.165) is 5.56 Å². The molecule has 0 radical (unpaired) electrons. The maximum Gasteiger partial charge on any atom is 0.262 e. The lowest BCUT2D eigenvalue weighted by Crippen LogP contribution is -2.17. The standard InChI is InChI=1S/C22H21ClN2O4S/c1-14-9-11-17(13-18(14)23)24-22(26)16-10-8-15(2)21(12-16)30(27,28)25-19-6-4-5-7-20(19)29-3/h4-13,25H,1-3H3,(H,24,26). The van der Waals surface area contributed by atoms with E-state index >= 15 is 0 Å². The van der Waals surface area contributed by atoms with Gasteiger partial charge in [-0.15, -0.1) is 0 Å². The van der Waals surface area contributed by atoms with Crippen molar-refractivity contribution in [2.24, 2.45) is 0 Å². The average Bonchev–Trinajstić information content (AvgIpc) is 2.71. The number of methoxy groups -OCH3 is 1. The number of rotatable bonds is 6. The second kappa shape index (κ2) is 8.77. The maximum absolute atomic E-state index is 13.0. The van der Waals surface area contributed by atoms with Crippen LogP contribution in [0, 0.1) is 13.8 Å². The summed E-state index contributed by atoms with van der Waals surface area (Å²) in [6.45, 7) is 3.53. The molecule has 1 amide bonds. The molecule has 0 spiro atoms. The topological polar surface area (TPSA) is 84.5 Å².